The summed E-state index contributed by atoms with van der Waals surface area (Å²) in [6, 6.07) is 3.78. The number of ether oxygens (including phenoxy) is 2. The summed E-state index contributed by atoms with van der Waals surface area (Å²) < 4.78 is 36.1. The molecule has 0 atom stereocenters. The number of imide groups is 1. The molecule has 10 heteroatoms. The molecule has 0 unspecified atom stereocenters. The molecule has 0 aliphatic carbocycles. The Labute approximate surface area is 137 Å². The van der Waals surface area contributed by atoms with Crippen LogP contribution in [0.3, 0.4) is 0 Å². The molecular weight excluding hydrogens is 348 g/mol. The van der Waals surface area contributed by atoms with Crippen LogP contribution in [-0.2, 0) is 19.6 Å². The van der Waals surface area contributed by atoms with Gasteiger partial charge in [-0.25, -0.2) is 18.1 Å². The van der Waals surface area contributed by atoms with Crippen molar-refractivity contribution in [1.82, 2.24) is 9.21 Å². The summed E-state index contributed by atoms with van der Waals surface area (Å²) in [5, 5.41) is 0.264. The molecule has 0 saturated carbocycles. The third kappa shape index (κ3) is 2.64. The maximum Gasteiger partial charge on any atom is 0.417 e. The Balaban J connectivity index is 1.80. The molecule has 3 rings (SSSR count). The van der Waals surface area contributed by atoms with Crippen LogP contribution in [-0.4, -0.2) is 62.5 Å². The van der Waals surface area contributed by atoms with Gasteiger partial charge in [-0.2, -0.15) is 4.31 Å². The van der Waals surface area contributed by atoms with Gasteiger partial charge in [-0.15, -0.1) is 0 Å². The van der Waals surface area contributed by atoms with Crippen molar-refractivity contribution in [2.45, 2.75) is 10.9 Å². The Morgan fingerprint density at radius 1 is 1.30 bits per heavy atom. The highest BCUT2D eigenvalue weighted by atomic mass is 35.5. The maximum atomic E-state index is 12.6. The number of nitrogens with zero attached hydrogens (tertiary/aromatic N) is 2. The fourth-order valence-corrected chi connectivity index (χ4v) is 4.42. The second kappa shape index (κ2) is 5.66. The normalized spacial score (nSPS) is 19.7. The van der Waals surface area contributed by atoms with Crippen molar-refractivity contribution >= 4 is 33.6 Å². The molecule has 0 N–H and O–H groups in total. The average molecular weight is 361 g/mol. The third-order valence-electron chi connectivity index (χ3n) is 3.72. The molecule has 2 heterocycles. The number of cyclic esters (lactones) is 1. The number of carbonyl (C=O) groups is 2. The highest BCUT2D eigenvalue weighted by molar-refractivity contribution is 7.89. The predicted octanol–water partition coefficient (Wildman–Crippen LogP) is 0.700. The van der Waals surface area contributed by atoms with E-state index in [0.29, 0.717) is 0 Å². The molecule has 0 aromatic heterocycles. The molecule has 2 aliphatic heterocycles. The van der Waals surface area contributed by atoms with Gasteiger partial charge in [-0.3, -0.25) is 4.79 Å². The lowest BCUT2D eigenvalue weighted by molar-refractivity contribution is -0.128. The fourth-order valence-electron chi connectivity index (χ4n) is 2.48. The minimum atomic E-state index is -3.83. The zero-order valence-electron chi connectivity index (χ0n) is 12.1. The molecule has 1 aromatic rings. The maximum absolute atomic E-state index is 12.6. The Kier molecular flexibility index (Phi) is 3.95. The lowest BCUT2D eigenvalue weighted by Crippen LogP contribution is -2.62. The van der Waals surface area contributed by atoms with Crippen LogP contribution in [0.4, 0.5) is 4.79 Å². The Bertz CT molecular complexity index is 759. The zero-order valence-corrected chi connectivity index (χ0v) is 13.6. The highest BCUT2D eigenvalue weighted by Crippen LogP contribution is 2.33. The van der Waals surface area contributed by atoms with Gasteiger partial charge in [-0.05, 0) is 18.2 Å². The van der Waals surface area contributed by atoms with Crippen molar-refractivity contribution in [2.75, 3.05) is 26.8 Å². The predicted molar refractivity (Wildman–Crippen MR) is 78.7 cm³/mol. The molecule has 0 bridgehead atoms. The Hall–Kier alpha value is -1.84. The van der Waals surface area contributed by atoms with E-state index in [0.717, 1.165) is 9.21 Å². The van der Waals surface area contributed by atoms with E-state index in [9.17, 15) is 18.0 Å². The van der Waals surface area contributed by atoms with E-state index >= 15 is 0 Å². The summed E-state index contributed by atoms with van der Waals surface area (Å²) in [4.78, 5) is 23.9. The number of sulfonamides is 1. The lowest BCUT2D eigenvalue weighted by atomic mass is 10.1. The first-order chi connectivity index (χ1) is 10.8. The third-order valence-corrected chi connectivity index (χ3v) is 5.81. The van der Waals surface area contributed by atoms with E-state index in [-0.39, 0.29) is 35.4 Å². The van der Waals surface area contributed by atoms with Gasteiger partial charge in [0.1, 0.15) is 10.6 Å². The Morgan fingerprint density at radius 3 is 2.57 bits per heavy atom. The van der Waals surface area contributed by atoms with Crippen molar-refractivity contribution in [2.24, 2.45) is 0 Å². The quantitative estimate of drug-likeness (QED) is 0.784. The van der Waals surface area contributed by atoms with Gasteiger partial charge >= 0.3 is 6.09 Å². The summed E-state index contributed by atoms with van der Waals surface area (Å²) in [6.45, 7) is -0.276. The highest BCUT2D eigenvalue weighted by Gasteiger charge is 2.47. The van der Waals surface area contributed by atoms with Crippen LogP contribution in [0.25, 0.3) is 0 Å². The number of amides is 2. The first-order valence-corrected chi connectivity index (χ1v) is 8.49. The van der Waals surface area contributed by atoms with Gasteiger partial charge in [0.25, 0.3) is 5.91 Å². The number of methoxy groups -OCH3 is 1. The fraction of sp³-hybridized carbons (Fsp3) is 0.385. The number of hydrogen-bond donors (Lipinski definition) is 0. The van der Waals surface area contributed by atoms with E-state index in [1.807, 2.05) is 0 Å². The van der Waals surface area contributed by atoms with E-state index in [2.05, 4.69) is 4.74 Å². The summed E-state index contributed by atoms with van der Waals surface area (Å²) in [5.74, 6) is -0.285. The number of carbonyl (C=O) groups excluding carboxylic acids is 2. The van der Waals surface area contributed by atoms with Gasteiger partial charge in [-0.1, -0.05) is 11.6 Å². The van der Waals surface area contributed by atoms with Crippen LogP contribution in [0.1, 0.15) is 0 Å². The first kappa shape index (κ1) is 16.0. The lowest BCUT2D eigenvalue weighted by Gasteiger charge is -2.40. The zero-order chi connectivity index (χ0) is 16.8. The second-order valence-electron chi connectivity index (χ2n) is 5.09. The molecule has 2 amide bonds. The molecule has 1 aromatic carbocycles. The molecule has 23 heavy (non-hydrogen) atoms. The van der Waals surface area contributed by atoms with Crippen LogP contribution < -0.4 is 4.74 Å². The molecule has 2 aliphatic rings. The van der Waals surface area contributed by atoms with Crippen molar-refractivity contribution in [3.63, 3.8) is 0 Å². The summed E-state index contributed by atoms with van der Waals surface area (Å²) in [7, 11) is -2.47. The minimum absolute atomic E-state index is 0.0127. The van der Waals surface area contributed by atoms with Gasteiger partial charge in [0, 0.05) is 18.1 Å². The molecule has 2 saturated heterocycles. The number of hydrogen-bond acceptors (Lipinski definition) is 6. The standard InChI is InChI=1S/C13H13ClN2O6S/c1-21-10-3-2-8(14)4-11(10)23(19,20)15-5-9(6-15)16-12(17)7-22-13(16)18/h2-4,9H,5-7H2,1H3. The number of halogens is 1. The summed E-state index contributed by atoms with van der Waals surface area (Å²) in [5.41, 5.74) is 0. The van der Waals surface area contributed by atoms with Crippen molar-refractivity contribution < 1.29 is 27.5 Å². The van der Waals surface area contributed by atoms with Crippen LogP contribution in [0.15, 0.2) is 23.1 Å². The molecule has 124 valence electrons. The van der Waals surface area contributed by atoms with E-state index in [4.69, 9.17) is 16.3 Å². The van der Waals surface area contributed by atoms with E-state index in [1.165, 1.54) is 25.3 Å². The van der Waals surface area contributed by atoms with Crippen LogP contribution >= 0.6 is 11.6 Å². The van der Waals surface area contributed by atoms with Crippen LogP contribution in [0.5, 0.6) is 5.75 Å². The second-order valence-corrected chi connectivity index (χ2v) is 7.43. The number of benzene rings is 1. The summed E-state index contributed by atoms with van der Waals surface area (Å²) in [6.07, 6.45) is -0.739. The first-order valence-electron chi connectivity index (χ1n) is 6.67. The minimum Gasteiger partial charge on any atom is -0.495 e. The van der Waals surface area contributed by atoms with E-state index in [1.54, 1.807) is 0 Å². The molecule has 2 fully saturated rings. The largest absolute Gasteiger partial charge is 0.495 e. The molecular formula is C13H13ClN2O6S. The number of rotatable bonds is 4. The van der Waals surface area contributed by atoms with Gasteiger partial charge < -0.3 is 9.47 Å². The smallest absolute Gasteiger partial charge is 0.417 e. The van der Waals surface area contributed by atoms with Gasteiger partial charge in [0.05, 0.1) is 13.2 Å². The van der Waals surface area contributed by atoms with E-state index < -0.39 is 28.1 Å². The monoisotopic (exact) mass is 360 g/mol. The van der Waals surface area contributed by atoms with Crippen molar-refractivity contribution in [3.8, 4) is 5.75 Å². The van der Waals surface area contributed by atoms with Crippen LogP contribution in [0, 0.1) is 0 Å². The molecule has 0 spiro atoms. The molecule has 0 radical (unpaired) electrons. The topological polar surface area (TPSA) is 93.2 Å². The van der Waals surface area contributed by atoms with Gasteiger partial charge in [0.2, 0.25) is 10.0 Å². The SMILES string of the molecule is COc1ccc(Cl)cc1S(=O)(=O)N1CC(N2C(=O)COC2=O)C1. The summed E-state index contributed by atoms with van der Waals surface area (Å²) >= 11 is 5.86. The molecule has 8 nitrogen and oxygen atoms in total. The van der Waals surface area contributed by atoms with Gasteiger partial charge in [0.15, 0.2) is 6.61 Å². The van der Waals surface area contributed by atoms with Crippen molar-refractivity contribution in [1.29, 1.82) is 0 Å². The average Bonchev–Trinajstić information content (AvgIpc) is 2.78. The van der Waals surface area contributed by atoms with Crippen LogP contribution in [0.2, 0.25) is 5.02 Å². The van der Waals surface area contributed by atoms with Crippen molar-refractivity contribution in [3.05, 3.63) is 23.2 Å². The Morgan fingerprint density at radius 2 is 2.00 bits per heavy atom.